The minimum absolute atomic E-state index is 0.140. The summed E-state index contributed by atoms with van der Waals surface area (Å²) < 4.78 is 0. The summed E-state index contributed by atoms with van der Waals surface area (Å²) >= 11 is 0. The van der Waals surface area contributed by atoms with E-state index in [2.05, 4.69) is 4.98 Å². The summed E-state index contributed by atoms with van der Waals surface area (Å²) in [6.45, 7) is 1.35. The van der Waals surface area contributed by atoms with Gasteiger partial charge < -0.3 is 0 Å². The lowest BCUT2D eigenvalue weighted by atomic mass is 10.1. The Kier molecular flexibility index (Phi) is 2.37. The van der Waals surface area contributed by atoms with Gasteiger partial charge in [0.05, 0.1) is 11.1 Å². The predicted octanol–water partition coefficient (Wildman–Crippen LogP) is 1.03. The van der Waals surface area contributed by atoms with Gasteiger partial charge in [-0.25, -0.2) is 4.98 Å². The summed E-state index contributed by atoms with van der Waals surface area (Å²) in [7, 11) is 0. The zero-order valence-corrected chi connectivity index (χ0v) is 6.90. The van der Waals surface area contributed by atoms with Crippen LogP contribution in [0.15, 0.2) is 12.3 Å². The van der Waals surface area contributed by atoms with E-state index in [0.29, 0.717) is 0 Å². The van der Waals surface area contributed by atoms with Crippen LogP contribution in [0, 0.1) is 22.7 Å². The van der Waals surface area contributed by atoms with E-state index in [-0.39, 0.29) is 22.6 Å². The van der Waals surface area contributed by atoms with Crippen LogP contribution in [-0.2, 0) is 0 Å². The minimum Gasteiger partial charge on any atom is -0.294 e. The van der Waals surface area contributed by atoms with Gasteiger partial charge in [-0.05, 0) is 13.0 Å². The molecular formula is C9H5N3O. The Bertz CT molecular complexity index is 437. The van der Waals surface area contributed by atoms with Crippen LogP contribution in [0.3, 0.4) is 0 Å². The summed E-state index contributed by atoms with van der Waals surface area (Å²) in [5.74, 6) is -0.228. The summed E-state index contributed by atoms with van der Waals surface area (Å²) in [5, 5.41) is 17.1. The van der Waals surface area contributed by atoms with E-state index in [1.165, 1.54) is 19.2 Å². The molecule has 0 aliphatic rings. The number of nitrogens with zero attached hydrogens (tertiary/aromatic N) is 3. The van der Waals surface area contributed by atoms with E-state index in [9.17, 15) is 4.79 Å². The standard InChI is InChI=1S/C9H5N3O/c1-6(13)9-5-12-8(4-11)2-7(9)3-10/h2,5H,1H3. The second kappa shape index (κ2) is 3.46. The molecule has 0 saturated heterocycles. The van der Waals surface area contributed by atoms with Crippen molar-refractivity contribution in [2.24, 2.45) is 0 Å². The van der Waals surface area contributed by atoms with E-state index < -0.39 is 0 Å². The number of rotatable bonds is 1. The quantitative estimate of drug-likeness (QED) is 0.591. The monoisotopic (exact) mass is 171 g/mol. The first-order chi connectivity index (χ1) is 6.19. The van der Waals surface area contributed by atoms with Gasteiger partial charge in [0.15, 0.2) is 5.78 Å². The van der Waals surface area contributed by atoms with Crippen molar-refractivity contribution in [3.05, 3.63) is 29.1 Å². The van der Waals surface area contributed by atoms with Crippen LogP contribution >= 0.6 is 0 Å². The molecule has 0 unspecified atom stereocenters. The second-order valence-corrected chi connectivity index (χ2v) is 2.39. The molecule has 0 aliphatic heterocycles. The summed E-state index contributed by atoms with van der Waals surface area (Å²) in [6.07, 6.45) is 1.25. The van der Waals surface area contributed by atoms with Gasteiger partial charge in [0, 0.05) is 6.20 Å². The van der Waals surface area contributed by atoms with Gasteiger partial charge in [-0.3, -0.25) is 4.79 Å². The Balaban J connectivity index is 3.36. The molecule has 1 aromatic rings. The number of nitriles is 2. The Hall–Kier alpha value is -2.20. The lowest BCUT2D eigenvalue weighted by Crippen LogP contribution is -1.99. The largest absolute Gasteiger partial charge is 0.294 e. The van der Waals surface area contributed by atoms with Crippen molar-refractivity contribution in [3.8, 4) is 12.1 Å². The maximum Gasteiger partial charge on any atom is 0.162 e. The molecule has 0 atom stereocenters. The molecule has 13 heavy (non-hydrogen) atoms. The molecule has 0 spiro atoms. The number of ketones is 1. The third kappa shape index (κ3) is 1.69. The molecule has 4 nitrogen and oxygen atoms in total. The van der Waals surface area contributed by atoms with Gasteiger partial charge in [-0.2, -0.15) is 10.5 Å². The van der Waals surface area contributed by atoms with Crippen LogP contribution in [0.5, 0.6) is 0 Å². The summed E-state index contributed by atoms with van der Waals surface area (Å²) in [6, 6.07) is 4.94. The van der Waals surface area contributed by atoms with Crippen LogP contribution < -0.4 is 0 Å². The van der Waals surface area contributed by atoms with Gasteiger partial charge in [-0.1, -0.05) is 0 Å². The molecular weight excluding hydrogens is 166 g/mol. The maximum atomic E-state index is 11.0. The number of hydrogen-bond acceptors (Lipinski definition) is 4. The first-order valence-corrected chi connectivity index (χ1v) is 3.50. The molecule has 0 radical (unpaired) electrons. The number of aromatic nitrogens is 1. The third-order valence-electron chi connectivity index (χ3n) is 1.52. The third-order valence-corrected chi connectivity index (χ3v) is 1.52. The Labute approximate surface area is 75.1 Å². The van der Waals surface area contributed by atoms with E-state index in [1.807, 2.05) is 6.07 Å². The lowest BCUT2D eigenvalue weighted by Gasteiger charge is -1.97. The second-order valence-electron chi connectivity index (χ2n) is 2.39. The van der Waals surface area contributed by atoms with Crippen LogP contribution in [0.2, 0.25) is 0 Å². The average Bonchev–Trinajstić information content (AvgIpc) is 2.16. The molecule has 0 saturated carbocycles. The molecule has 0 N–H and O–H groups in total. The normalized spacial score (nSPS) is 8.54. The van der Waals surface area contributed by atoms with Crippen LogP contribution in [-0.4, -0.2) is 10.8 Å². The highest BCUT2D eigenvalue weighted by Crippen LogP contribution is 2.08. The van der Waals surface area contributed by atoms with Gasteiger partial charge in [0.25, 0.3) is 0 Å². The van der Waals surface area contributed by atoms with Crippen LogP contribution in [0.25, 0.3) is 0 Å². The lowest BCUT2D eigenvalue weighted by molar-refractivity contribution is 0.101. The van der Waals surface area contributed by atoms with Crippen LogP contribution in [0.4, 0.5) is 0 Å². The van der Waals surface area contributed by atoms with Gasteiger partial charge >= 0.3 is 0 Å². The summed E-state index contributed by atoms with van der Waals surface area (Å²) in [4.78, 5) is 14.6. The number of hydrogen-bond donors (Lipinski definition) is 0. The Morgan fingerprint density at radius 1 is 1.46 bits per heavy atom. The first kappa shape index (κ1) is 8.89. The van der Waals surface area contributed by atoms with Crippen molar-refractivity contribution < 1.29 is 4.79 Å². The first-order valence-electron chi connectivity index (χ1n) is 3.50. The molecule has 1 rings (SSSR count). The predicted molar refractivity (Wildman–Crippen MR) is 43.7 cm³/mol. The van der Waals surface area contributed by atoms with Crippen molar-refractivity contribution in [1.82, 2.24) is 4.98 Å². The number of carbonyl (C=O) groups excluding carboxylic acids is 1. The number of Topliss-reactive ketones (excluding diaryl/α,β-unsaturated/α-hetero) is 1. The minimum atomic E-state index is -0.228. The van der Waals surface area contributed by atoms with Crippen LogP contribution in [0.1, 0.15) is 28.5 Å². The smallest absolute Gasteiger partial charge is 0.162 e. The fourth-order valence-electron chi connectivity index (χ4n) is 0.890. The molecule has 0 aromatic carbocycles. The molecule has 0 fully saturated rings. The highest BCUT2D eigenvalue weighted by atomic mass is 16.1. The van der Waals surface area contributed by atoms with E-state index in [4.69, 9.17) is 10.5 Å². The number of carbonyl (C=O) groups is 1. The van der Waals surface area contributed by atoms with E-state index in [1.54, 1.807) is 6.07 Å². The summed E-state index contributed by atoms with van der Waals surface area (Å²) in [5.41, 5.74) is 0.585. The van der Waals surface area contributed by atoms with Crippen molar-refractivity contribution in [2.45, 2.75) is 6.92 Å². The van der Waals surface area contributed by atoms with Crippen molar-refractivity contribution in [1.29, 1.82) is 10.5 Å². The maximum absolute atomic E-state index is 11.0. The highest BCUT2D eigenvalue weighted by Gasteiger charge is 2.08. The van der Waals surface area contributed by atoms with Crippen molar-refractivity contribution in [3.63, 3.8) is 0 Å². The molecule has 62 valence electrons. The molecule has 0 bridgehead atoms. The highest BCUT2D eigenvalue weighted by molar-refractivity contribution is 5.96. The topological polar surface area (TPSA) is 77.5 Å². The zero-order chi connectivity index (χ0) is 9.84. The van der Waals surface area contributed by atoms with E-state index in [0.717, 1.165) is 0 Å². The molecule has 1 aromatic heterocycles. The fourth-order valence-corrected chi connectivity index (χ4v) is 0.890. The zero-order valence-electron chi connectivity index (χ0n) is 6.90. The average molecular weight is 171 g/mol. The molecule has 4 heteroatoms. The van der Waals surface area contributed by atoms with Crippen molar-refractivity contribution >= 4 is 5.78 Å². The van der Waals surface area contributed by atoms with Gasteiger partial charge in [0.1, 0.15) is 17.8 Å². The molecule has 0 amide bonds. The Morgan fingerprint density at radius 3 is 2.62 bits per heavy atom. The van der Waals surface area contributed by atoms with Crippen molar-refractivity contribution in [2.75, 3.05) is 0 Å². The molecule has 1 heterocycles. The SMILES string of the molecule is CC(=O)c1cnc(C#N)cc1C#N. The van der Waals surface area contributed by atoms with E-state index >= 15 is 0 Å². The van der Waals surface area contributed by atoms with Gasteiger partial charge in [-0.15, -0.1) is 0 Å². The fraction of sp³-hybridized carbons (Fsp3) is 0.111. The molecule has 0 aliphatic carbocycles. The Morgan fingerprint density at radius 2 is 2.15 bits per heavy atom. The van der Waals surface area contributed by atoms with Gasteiger partial charge in [0.2, 0.25) is 0 Å². The number of pyridine rings is 1.